The Morgan fingerprint density at radius 3 is 2.68 bits per heavy atom. The lowest BCUT2D eigenvalue weighted by atomic mass is 9.94. The number of methoxy groups -OCH3 is 2. The maximum absolute atomic E-state index is 5.63. The number of rotatable bonds is 9. The number of nitrogens with zero attached hydrogens (tertiary/aromatic N) is 4. The molecule has 0 aliphatic carbocycles. The van der Waals surface area contributed by atoms with Gasteiger partial charge in [0.05, 0.1) is 14.2 Å². The van der Waals surface area contributed by atoms with Crippen molar-refractivity contribution >= 4 is 11.8 Å². The van der Waals surface area contributed by atoms with E-state index in [1.54, 1.807) is 26.0 Å². The first-order valence-electron chi connectivity index (χ1n) is 11.4. The second-order valence-electron chi connectivity index (χ2n) is 8.39. The summed E-state index contributed by atoms with van der Waals surface area (Å²) in [5, 5.41) is 0.920. The van der Waals surface area contributed by atoms with Crippen molar-refractivity contribution in [3.63, 3.8) is 0 Å². The van der Waals surface area contributed by atoms with E-state index in [1.165, 1.54) is 50.0 Å². The van der Waals surface area contributed by atoms with Gasteiger partial charge in [-0.2, -0.15) is 0 Å². The zero-order valence-electron chi connectivity index (χ0n) is 18.8. The Morgan fingerprint density at radius 1 is 1.03 bits per heavy atom. The maximum atomic E-state index is 5.63. The summed E-state index contributed by atoms with van der Waals surface area (Å²) >= 11 is 1.79. The minimum Gasteiger partial charge on any atom is -0.493 e. The highest BCUT2D eigenvalue weighted by molar-refractivity contribution is 7.99. The van der Waals surface area contributed by atoms with E-state index in [0.717, 1.165) is 48.6 Å². The molecule has 0 bridgehead atoms. The molecule has 7 heteroatoms. The molecular formula is C24H34N4O2S. The van der Waals surface area contributed by atoms with E-state index < -0.39 is 0 Å². The van der Waals surface area contributed by atoms with Gasteiger partial charge in [-0.15, -0.1) is 0 Å². The Labute approximate surface area is 190 Å². The number of aromatic nitrogens is 2. The van der Waals surface area contributed by atoms with Gasteiger partial charge >= 0.3 is 0 Å². The normalized spacial score (nSPS) is 20.1. The summed E-state index contributed by atoms with van der Waals surface area (Å²) in [6.07, 6.45) is 6.98. The molecule has 168 valence electrons. The predicted octanol–water partition coefficient (Wildman–Crippen LogP) is 4.06. The average molecular weight is 443 g/mol. The molecule has 31 heavy (non-hydrogen) atoms. The summed E-state index contributed by atoms with van der Waals surface area (Å²) in [5.41, 5.74) is 2.35. The summed E-state index contributed by atoms with van der Waals surface area (Å²) in [6, 6.07) is 8.22. The number of para-hydroxylation sites is 1. The van der Waals surface area contributed by atoms with E-state index in [9.17, 15) is 0 Å². The molecule has 1 atom stereocenters. The Bertz CT molecular complexity index is 844. The van der Waals surface area contributed by atoms with Gasteiger partial charge in [-0.3, -0.25) is 4.90 Å². The number of ether oxygens (including phenoxy) is 2. The quantitative estimate of drug-likeness (QED) is 0.429. The summed E-state index contributed by atoms with van der Waals surface area (Å²) in [5.74, 6) is 3.15. The van der Waals surface area contributed by atoms with Gasteiger partial charge in [-0.25, -0.2) is 9.97 Å². The van der Waals surface area contributed by atoms with Crippen LogP contribution in [-0.4, -0.2) is 72.5 Å². The lowest BCUT2D eigenvalue weighted by Crippen LogP contribution is -2.34. The molecule has 1 aromatic heterocycles. The van der Waals surface area contributed by atoms with Crippen LogP contribution in [0.5, 0.6) is 11.5 Å². The molecule has 6 nitrogen and oxygen atoms in total. The van der Waals surface area contributed by atoms with Crippen LogP contribution in [0.1, 0.15) is 42.9 Å². The first-order valence-corrected chi connectivity index (χ1v) is 12.4. The number of hydrogen-bond donors (Lipinski definition) is 0. The molecule has 2 aliphatic rings. The van der Waals surface area contributed by atoms with Gasteiger partial charge in [0.1, 0.15) is 0 Å². The van der Waals surface area contributed by atoms with Gasteiger partial charge in [0.15, 0.2) is 16.7 Å². The van der Waals surface area contributed by atoms with Crippen molar-refractivity contribution in [2.24, 2.45) is 0 Å². The number of piperidine rings is 1. The Balaban J connectivity index is 1.36. The van der Waals surface area contributed by atoms with Gasteiger partial charge in [0.2, 0.25) is 0 Å². The predicted molar refractivity (Wildman–Crippen MR) is 125 cm³/mol. The number of likely N-dealkylation sites (tertiary alicyclic amines) is 2. The molecule has 2 saturated heterocycles. The third kappa shape index (κ3) is 5.90. The highest BCUT2D eigenvalue weighted by Crippen LogP contribution is 2.33. The molecule has 0 amide bonds. The second kappa shape index (κ2) is 11.2. The van der Waals surface area contributed by atoms with Crippen molar-refractivity contribution in [1.29, 1.82) is 0 Å². The fourth-order valence-corrected chi connectivity index (χ4v) is 5.52. The molecule has 2 aromatic rings. The van der Waals surface area contributed by atoms with E-state index in [-0.39, 0.29) is 0 Å². The zero-order valence-corrected chi connectivity index (χ0v) is 19.6. The summed E-state index contributed by atoms with van der Waals surface area (Å²) in [4.78, 5) is 14.5. The van der Waals surface area contributed by atoms with Crippen LogP contribution in [0, 0.1) is 0 Å². The lowest BCUT2D eigenvalue weighted by Gasteiger charge is -2.33. The van der Waals surface area contributed by atoms with E-state index >= 15 is 0 Å². The summed E-state index contributed by atoms with van der Waals surface area (Å²) in [7, 11) is 3.40. The van der Waals surface area contributed by atoms with Crippen LogP contribution in [-0.2, 0) is 6.54 Å². The Hall–Kier alpha value is -1.83. The van der Waals surface area contributed by atoms with Crippen LogP contribution in [0.3, 0.4) is 0 Å². The van der Waals surface area contributed by atoms with Gasteiger partial charge in [-0.05, 0) is 57.5 Å². The number of hydrogen-bond acceptors (Lipinski definition) is 7. The van der Waals surface area contributed by atoms with Crippen molar-refractivity contribution in [3.05, 3.63) is 41.7 Å². The fraction of sp³-hybridized carbons (Fsp3) is 0.583. The maximum Gasteiger partial charge on any atom is 0.187 e. The number of benzene rings is 1. The van der Waals surface area contributed by atoms with Crippen LogP contribution in [0.25, 0.3) is 0 Å². The van der Waals surface area contributed by atoms with Gasteiger partial charge in [-0.1, -0.05) is 23.9 Å². The largest absolute Gasteiger partial charge is 0.493 e. The molecule has 0 saturated carbocycles. The average Bonchev–Trinajstić information content (AvgIpc) is 3.33. The standard InChI is InChI=1S/C24H34N4O2S/c1-29-22-9-5-7-20(23(22)30-2)18-28-14-6-8-19(17-28)21-10-11-25-24(26-21)31-16-15-27-12-3-4-13-27/h5,7,9-11,19H,3-4,6,8,12-18H2,1-2H3/t19-/m1/s1. The second-order valence-corrected chi connectivity index (χ2v) is 9.45. The number of thioether (sulfide) groups is 1. The van der Waals surface area contributed by atoms with E-state index in [0.29, 0.717) is 5.92 Å². The monoisotopic (exact) mass is 442 g/mol. The topological polar surface area (TPSA) is 50.7 Å². The molecule has 0 radical (unpaired) electrons. The van der Waals surface area contributed by atoms with Crippen molar-refractivity contribution in [2.75, 3.05) is 52.7 Å². The van der Waals surface area contributed by atoms with Crippen molar-refractivity contribution in [1.82, 2.24) is 19.8 Å². The first kappa shape index (κ1) is 22.4. The Kier molecular flexibility index (Phi) is 8.05. The first-order chi connectivity index (χ1) is 15.3. The molecule has 0 unspecified atom stereocenters. The van der Waals surface area contributed by atoms with Gasteiger partial charge < -0.3 is 14.4 Å². The molecular weight excluding hydrogens is 408 g/mol. The van der Waals surface area contributed by atoms with Crippen molar-refractivity contribution in [3.8, 4) is 11.5 Å². The third-order valence-electron chi connectivity index (χ3n) is 6.29. The molecule has 1 aromatic carbocycles. The van der Waals surface area contributed by atoms with Crippen LogP contribution < -0.4 is 9.47 Å². The SMILES string of the molecule is COc1cccc(CN2CCC[C@@H](c3ccnc(SCCN4CCCC4)n3)C2)c1OC. The van der Waals surface area contributed by atoms with Crippen LogP contribution in [0.4, 0.5) is 0 Å². The third-order valence-corrected chi connectivity index (χ3v) is 7.14. The van der Waals surface area contributed by atoms with Crippen molar-refractivity contribution < 1.29 is 9.47 Å². The van der Waals surface area contributed by atoms with E-state index in [1.807, 2.05) is 18.3 Å². The highest BCUT2D eigenvalue weighted by atomic mass is 32.2. The summed E-state index contributed by atoms with van der Waals surface area (Å²) < 4.78 is 11.1. The van der Waals surface area contributed by atoms with E-state index in [4.69, 9.17) is 14.5 Å². The smallest absolute Gasteiger partial charge is 0.187 e. The van der Waals surface area contributed by atoms with Gasteiger partial charge in [0.25, 0.3) is 0 Å². The highest BCUT2D eigenvalue weighted by Gasteiger charge is 2.24. The Morgan fingerprint density at radius 2 is 1.87 bits per heavy atom. The molecule has 4 rings (SSSR count). The lowest BCUT2D eigenvalue weighted by molar-refractivity contribution is 0.195. The molecule has 0 N–H and O–H groups in total. The molecule has 2 fully saturated rings. The van der Waals surface area contributed by atoms with E-state index in [2.05, 4.69) is 26.9 Å². The zero-order chi connectivity index (χ0) is 21.5. The van der Waals surface area contributed by atoms with Crippen molar-refractivity contribution in [2.45, 2.75) is 43.3 Å². The van der Waals surface area contributed by atoms with Crippen LogP contribution >= 0.6 is 11.8 Å². The molecule has 3 heterocycles. The van der Waals surface area contributed by atoms with Gasteiger partial charge in [0, 0.05) is 48.8 Å². The fourth-order valence-electron chi connectivity index (χ4n) is 4.68. The molecule has 2 aliphatic heterocycles. The minimum atomic E-state index is 0.450. The van der Waals surface area contributed by atoms with Crippen LogP contribution in [0.15, 0.2) is 35.6 Å². The van der Waals surface area contributed by atoms with Crippen LogP contribution in [0.2, 0.25) is 0 Å². The molecule has 0 spiro atoms. The summed E-state index contributed by atoms with van der Waals surface area (Å²) in [6.45, 7) is 6.60. The minimum absolute atomic E-state index is 0.450.